The monoisotopic (exact) mass is 416 g/mol. The second kappa shape index (κ2) is 8.66. The summed E-state index contributed by atoms with van der Waals surface area (Å²) < 4.78 is 11.8. The van der Waals surface area contributed by atoms with Crippen LogP contribution in [0.2, 0.25) is 0 Å². The van der Waals surface area contributed by atoms with E-state index in [0.717, 1.165) is 11.1 Å². The van der Waals surface area contributed by atoms with Crippen LogP contribution < -0.4 is 15.6 Å². The molecule has 1 amide bonds. The van der Waals surface area contributed by atoms with E-state index in [1.165, 1.54) is 16.8 Å². The zero-order valence-corrected chi connectivity index (χ0v) is 17.0. The molecule has 31 heavy (non-hydrogen) atoms. The van der Waals surface area contributed by atoms with Crippen LogP contribution in [0.25, 0.3) is 22.8 Å². The van der Waals surface area contributed by atoms with E-state index in [1.807, 2.05) is 31.2 Å². The molecule has 2 aromatic heterocycles. The van der Waals surface area contributed by atoms with E-state index in [2.05, 4.69) is 15.5 Å². The fraction of sp³-hybridized carbons (Fsp3) is 0.130. The maximum absolute atomic E-state index is 12.4. The number of aromatic nitrogens is 3. The Morgan fingerprint density at radius 1 is 1.10 bits per heavy atom. The smallest absolute Gasteiger partial charge is 0.259 e. The van der Waals surface area contributed by atoms with Crippen LogP contribution in [0.3, 0.4) is 0 Å². The molecule has 2 aromatic carbocycles. The fourth-order valence-corrected chi connectivity index (χ4v) is 3.00. The van der Waals surface area contributed by atoms with Gasteiger partial charge in [0, 0.05) is 29.6 Å². The highest BCUT2D eigenvalue weighted by atomic mass is 16.5. The fourth-order valence-electron chi connectivity index (χ4n) is 3.00. The van der Waals surface area contributed by atoms with Gasteiger partial charge in [-0.1, -0.05) is 41.1 Å². The van der Waals surface area contributed by atoms with Crippen molar-refractivity contribution in [3.05, 3.63) is 82.8 Å². The van der Waals surface area contributed by atoms with Gasteiger partial charge in [-0.05, 0) is 25.1 Å². The first-order valence-corrected chi connectivity index (χ1v) is 9.57. The Kier molecular flexibility index (Phi) is 5.61. The number of hydrogen-bond acceptors (Lipinski definition) is 6. The van der Waals surface area contributed by atoms with Gasteiger partial charge in [0.15, 0.2) is 0 Å². The molecule has 0 atom stereocenters. The summed E-state index contributed by atoms with van der Waals surface area (Å²) >= 11 is 0. The van der Waals surface area contributed by atoms with Gasteiger partial charge in [-0.25, -0.2) is 0 Å². The first kappa shape index (κ1) is 20.1. The number of anilines is 1. The summed E-state index contributed by atoms with van der Waals surface area (Å²) in [5.41, 5.74) is 2.76. The third-order valence-corrected chi connectivity index (χ3v) is 4.63. The van der Waals surface area contributed by atoms with E-state index in [-0.39, 0.29) is 23.9 Å². The van der Waals surface area contributed by atoms with Crippen LogP contribution in [-0.2, 0) is 11.3 Å². The number of carbonyl (C=O) groups excluding carboxylic acids is 1. The highest BCUT2D eigenvalue weighted by Gasteiger charge is 2.13. The van der Waals surface area contributed by atoms with Crippen molar-refractivity contribution in [1.29, 1.82) is 0 Å². The Balaban J connectivity index is 1.52. The van der Waals surface area contributed by atoms with Crippen LogP contribution in [0.4, 0.5) is 5.69 Å². The maximum Gasteiger partial charge on any atom is 0.259 e. The normalized spacial score (nSPS) is 10.6. The molecule has 0 bridgehead atoms. The predicted molar refractivity (Wildman–Crippen MR) is 116 cm³/mol. The molecule has 4 aromatic rings. The molecule has 0 spiro atoms. The van der Waals surface area contributed by atoms with Gasteiger partial charge in [0.05, 0.1) is 12.7 Å². The number of aryl methyl sites for hydroxylation is 1. The Bertz CT molecular complexity index is 1280. The third-order valence-electron chi connectivity index (χ3n) is 4.63. The lowest BCUT2D eigenvalue weighted by Gasteiger charge is -2.09. The van der Waals surface area contributed by atoms with Crippen molar-refractivity contribution in [3.63, 3.8) is 0 Å². The highest BCUT2D eigenvalue weighted by molar-refractivity contribution is 5.90. The van der Waals surface area contributed by atoms with E-state index in [4.69, 9.17) is 9.26 Å². The number of pyridine rings is 1. The van der Waals surface area contributed by atoms with Crippen LogP contribution in [0.5, 0.6) is 5.75 Å². The summed E-state index contributed by atoms with van der Waals surface area (Å²) in [5.74, 6) is 0.983. The average molecular weight is 416 g/mol. The van der Waals surface area contributed by atoms with E-state index >= 15 is 0 Å². The van der Waals surface area contributed by atoms with Gasteiger partial charge >= 0.3 is 0 Å². The van der Waals surface area contributed by atoms with Crippen LogP contribution in [0.15, 0.2) is 76.2 Å². The molecule has 0 aliphatic carbocycles. The molecule has 156 valence electrons. The van der Waals surface area contributed by atoms with Crippen molar-refractivity contribution in [2.24, 2.45) is 0 Å². The minimum Gasteiger partial charge on any atom is -0.497 e. The van der Waals surface area contributed by atoms with E-state index in [1.54, 1.807) is 37.4 Å². The summed E-state index contributed by atoms with van der Waals surface area (Å²) in [6.07, 6.45) is 1.53. The first-order chi connectivity index (χ1) is 15.0. The van der Waals surface area contributed by atoms with Crippen molar-refractivity contribution >= 4 is 11.6 Å². The summed E-state index contributed by atoms with van der Waals surface area (Å²) in [4.78, 5) is 29.1. The molecule has 0 aliphatic rings. The number of rotatable bonds is 6. The Labute approximate surface area is 178 Å². The molecular weight excluding hydrogens is 396 g/mol. The minimum absolute atomic E-state index is 0.164. The number of hydrogen-bond donors (Lipinski definition) is 1. The molecule has 0 radical (unpaired) electrons. The highest BCUT2D eigenvalue weighted by Crippen LogP contribution is 2.22. The lowest BCUT2D eigenvalue weighted by atomic mass is 10.1. The molecule has 0 fully saturated rings. The second-order valence-corrected chi connectivity index (χ2v) is 6.95. The number of benzene rings is 2. The van der Waals surface area contributed by atoms with Gasteiger partial charge in [-0.2, -0.15) is 4.98 Å². The number of nitrogens with one attached hydrogen (secondary N) is 1. The molecule has 0 aliphatic heterocycles. The van der Waals surface area contributed by atoms with E-state index < -0.39 is 0 Å². The van der Waals surface area contributed by atoms with Gasteiger partial charge in [0.25, 0.3) is 11.4 Å². The number of nitrogens with zero attached hydrogens (tertiary/aromatic N) is 3. The molecular formula is C23H20N4O4. The number of ether oxygens (including phenoxy) is 1. The van der Waals surface area contributed by atoms with Crippen LogP contribution in [0, 0.1) is 6.92 Å². The van der Waals surface area contributed by atoms with Gasteiger partial charge in [-0.15, -0.1) is 0 Å². The van der Waals surface area contributed by atoms with E-state index in [9.17, 15) is 9.59 Å². The van der Waals surface area contributed by atoms with Crippen molar-refractivity contribution in [3.8, 4) is 28.6 Å². The van der Waals surface area contributed by atoms with Gasteiger partial charge < -0.3 is 19.1 Å². The molecule has 0 saturated heterocycles. The summed E-state index contributed by atoms with van der Waals surface area (Å²) in [5, 5.41) is 6.76. The van der Waals surface area contributed by atoms with Crippen LogP contribution in [-0.4, -0.2) is 27.7 Å². The van der Waals surface area contributed by atoms with Gasteiger partial charge in [0.1, 0.15) is 12.3 Å². The minimum atomic E-state index is -0.349. The molecule has 2 heterocycles. The number of methoxy groups -OCH3 is 1. The lowest BCUT2D eigenvalue weighted by Crippen LogP contribution is -2.26. The zero-order chi connectivity index (χ0) is 21.8. The van der Waals surface area contributed by atoms with Crippen molar-refractivity contribution in [2.45, 2.75) is 13.5 Å². The van der Waals surface area contributed by atoms with E-state index in [0.29, 0.717) is 22.8 Å². The number of carbonyl (C=O) groups is 1. The quantitative estimate of drug-likeness (QED) is 0.516. The zero-order valence-electron chi connectivity index (χ0n) is 17.0. The number of amides is 1. The molecule has 8 heteroatoms. The largest absolute Gasteiger partial charge is 0.497 e. The maximum atomic E-state index is 12.4. The molecule has 4 rings (SSSR count). The van der Waals surface area contributed by atoms with Crippen molar-refractivity contribution in [1.82, 2.24) is 14.7 Å². The average Bonchev–Trinajstić information content (AvgIpc) is 3.26. The SMILES string of the molecule is COc1cccc(NC(=O)Cn2cc(-c3nc(-c4ccc(C)cc4)no3)ccc2=O)c1. The lowest BCUT2D eigenvalue weighted by molar-refractivity contribution is -0.116. The molecule has 0 saturated carbocycles. The Morgan fingerprint density at radius 2 is 1.87 bits per heavy atom. The second-order valence-electron chi connectivity index (χ2n) is 6.95. The first-order valence-electron chi connectivity index (χ1n) is 9.57. The van der Waals surface area contributed by atoms with Crippen molar-refractivity contribution < 1.29 is 14.1 Å². The Morgan fingerprint density at radius 3 is 2.65 bits per heavy atom. The predicted octanol–water partition coefficient (Wildman–Crippen LogP) is 3.52. The summed E-state index contributed by atoms with van der Waals surface area (Å²) in [6.45, 7) is 1.84. The van der Waals surface area contributed by atoms with Gasteiger partial charge in [-0.3, -0.25) is 9.59 Å². The Hall–Kier alpha value is -4.20. The van der Waals surface area contributed by atoms with Crippen LogP contribution >= 0.6 is 0 Å². The molecule has 0 unspecified atom stereocenters. The summed E-state index contributed by atoms with van der Waals surface area (Å²) in [6, 6.07) is 17.7. The third kappa shape index (κ3) is 4.69. The topological polar surface area (TPSA) is 99.2 Å². The summed E-state index contributed by atoms with van der Waals surface area (Å²) in [7, 11) is 1.55. The molecule has 8 nitrogen and oxygen atoms in total. The van der Waals surface area contributed by atoms with Crippen molar-refractivity contribution in [2.75, 3.05) is 12.4 Å². The molecule has 1 N–H and O–H groups in total. The van der Waals surface area contributed by atoms with Crippen LogP contribution in [0.1, 0.15) is 5.56 Å². The standard InChI is InChI=1S/C23H20N4O4/c1-15-6-8-16(9-7-15)22-25-23(31-26-22)17-10-11-21(29)27(13-17)14-20(28)24-18-4-3-5-19(12-18)30-2/h3-13H,14H2,1-2H3,(H,24,28). The van der Waals surface area contributed by atoms with Gasteiger partial charge in [0.2, 0.25) is 11.7 Å².